The predicted octanol–water partition coefficient (Wildman–Crippen LogP) is 4.95. The number of aromatic amines is 1. The second-order valence-electron chi connectivity index (χ2n) is 6.29. The first-order valence-electron chi connectivity index (χ1n) is 8.36. The van der Waals surface area contributed by atoms with Crippen molar-refractivity contribution in [3.8, 4) is 0 Å². The first-order chi connectivity index (χ1) is 11.4. The Labute approximate surface area is 148 Å². The lowest BCUT2D eigenvalue weighted by atomic mass is 10.0. The number of hydrogen-bond donors (Lipinski definition) is 1. The third-order valence-corrected chi connectivity index (χ3v) is 4.73. The Morgan fingerprint density at radius 1 is 1.08 bits per heavy atom. The number of nitrogens with one attached hydrogen (secondary N) is 1. The highest BCUT2D eigenvalue weighted by molar-refractivity contribution is 5.85. The lowest BCUT2D eigenvalue weighted by molar-refractivity contribution is 0.285. The SMILES string of the molecule is C1=C(CCc2ccco2)CCN(Cc2c[nH]c3ccccc23)C1.Cl. The molecule has 4 heteroatoms. The Balaban J connectivity index is 0.00000169. The van der Waals surface area contributed by atoms with Gasteiger partial charge < -0.3 is 9.40 Å². The average molecular weight is 343 g/mol. The number of hydrogen-bond acceptors (Lipinski definition) is 2. The van der Waals surface area contributed by atoms with Crippen molar-refractivity contribution in [2.24, 2.45) is 0 Å². The van der Waals surface area contributed by atoms with Crippen molar-refractivity contribution >= 4 is 23.3 Å². The number of rotatable bonds is 5. The van der Waals surface area contributed by atoms with Crippen LogP contribution in [0.3, 0.4) is 0 Å². The molecule has 3 aromatic rings. The number of nitrogens with zero attached hydrogens (tertiary/aromatic N) is 1. The molecule has 0 amide bonds. The van der Waals surface area contributed by atoms with E-state index >= 15 is 0 Å². The number of benzene rings is 1. The van der Waals surface area contributed by atoms with Gasteiger partial charge in [-0.3, -0.25) is 4.90 Å². The lowest BCUT2D eigenvalue weighted by Gasteiger charge is -2.26. The molecule has 126 valence electrons. The predicted molar refractivity (Wildman–Crippen MR) is 101 cm³/mol. The second-order valence-corrected chi connectivity index (χ2v) is 6.29. The minimum Gasteiger partial charge on any atom is -0.469 e. The summed E-state index contributed by atoms with van der Waals surface area (Å²) in [5.41, 5.74) is 4.19. The highest BCUT2D eigenvalue weighted by Crippen LogP contribution is 2.22. The van der Waals surface area contributed by atoms with E-state index in [4.69, 9.17) is 4.42 Å². The maximum Gasteiger partial charge on any atom is 0.104 e. The average Bonchev–Trinajstić information content (AvgIpc) is 3.25. The number of aromatic nitrogens is 1. The van der Waals surface area contributed by atoms with Gasteiger partial charge >= 0.3 is 0 Å². The maximum absolute atomic E-state index is 5.42. The Morgan fingerprint density at radius 3 is 2.79 bits per heavy atom. The van der Waals surface area contributed by atoms with E-state index in [-0.39, 0.29) is 12.4 Å². The van der Waals surface area contributed by atoms with Gasteiger partial charge in [-0.15, -0.1) is 12.4 Å². The standard InChI is InChI=1S/C20H22N2O.ClH/c1-2-6-20-19(5-1)17(14-21-20)15-22-11-9-16(10-12-22)7-8-18-4-3-13-23-18;/h1-6,9,13-14,21H,7-8,10-12,15H2;1H. The van der Waals surface area contributed by atoms with Crippen molar-refractivity contribution in [2.45, 2.75) is 25.8 Å². The molecule has 0 fully saturated rings. The molecule has 4 rings (SSSR count). The number of H-pyrrole nitrogens is 1. The van der Waals surface area contributed by atoms with Crippen LogP contribution in [0, 0.1) is 0 Å². The molecule has 0 saturated carbocycles. The fraction of sp³-hybridized carbons (Fsp3) is 0.300. The van der Waals surface area contributed by atoms with Crippen molar-refractivity contribution in [1.29, 1.82) is 0 Å². The second kappa shape index (κ2) is 7.73. The van der Waals surface area contributed by atoms with Crippen molar-refractivity contribution < 1.29 is 4.42 Å². The van der Waals surface area contributed by atoms with Crippen LogP contribution in [-0.2, 0) is 13.0 Å². The van der Waals surface area contributed by atoms with Crippen LogP contribution in [-0.4, -0.2) is 23.0 Å². The summed E-state index contributed by atoms with van der Waals surface area (Å²) < 4.78 is 5.42. The van der Waals surface area contributed by atoms with E-state index < -0.39 is 0 Å². The summed E-state index contributed by atoms with van der Waals surface area (Å²) in [6.07, 6.45) is 9.62. The van der Waals surface area contributed by atoms with E-state index in [1.807, 2.05) is 6.07 Å². The zero-order valence-electron chi connectivity index (χ0n) is 13.7. The van der Waals surface area contributed by atoms with Gasteiger partial charge in [0.25, 0.3) is 0 Å². The summed E-state index contributed by atoms with van der Waals surface area (Å²) in [4.78, 5) is 5.89. The molecule has 1 aliphatic rings. The fourth-order valence-corrected chi connectivity index (χ4v) is 3.37. The van der Waals surface area contributed by atoms with Gasteiger partial charge in [0.1, 0.15) is 5.76 Å². The van der Waals surface area contributed by atoms with Crippen LogP contribution in [0.2, 0.25) is 0 Å². The topological polar surface area (TPSA) is 32.2 Å². The Hall–Kier alpha value is -1.97. The van der Waals surface area contributed by atoms with Crippen molar-refractivity contribution in [2.75, 3.05) is 13.1 Å². The zero-order valence-corrected chi connectivity index (χ0v) is 14.5. The summed E-state index contributed by atoms with van der Waals surface area (Å²) >= 11 is 0. The van der Waals surface area contributed by atoms with E-state index in [1.165, 1.54) is 22.9 Å². The quantitative estimate of drug-likeness (QED) is 0.665. The van der Waals surface area contributed by atoms with Crippen LogP contribution in [0.5, 0.6) is 0 Å². The van der Waals surface area contributed by atoms with Crippen LogP contribution in [0.1, 0.15) is 24.2 Å². The van der Waals surface area contributed by atoms with E-state index in [1.54, 1.807) is 11.8 Å². The van der Waals surface area contributed by atoms with Gasteiger partial charge in [-0.2, -0.15) is 0 Å². The number of furan rings is 1. The number of para-hydroxylation sites is 1. The smallest absolute Gasteiger partial charge is 0.104 e. The molecule has 2 aromatic heterocycles. The normalized spacial score (nSPS) is 15.2. The molecular weight excluding hydrogens is 320 g/mol. The van der Waals surface area contributed by atoms with Gasteiger partial charge in [0.2, 0.25) is 0 Å². The van der Waals surface area contributed by atoms with E-state index in [2.05, 4.69) is 52.5 Å². The minimum absolute atomic E-state index is 0. The third kappa shape index (κ3) is 3.74. The summed E-state index contributed by atoms with van der Waals surface area (Å²) in [6.45, 7) is 3.21. The summed E-state index contributed by atoms with van der Waals surface area (Å²) in [5.74, 6) is 1.09. The largest absolute Gasteiger partial charge is 0.469 e. The Bertz CT molecular complexity index is 804. The van der Waals surface area contributed by atoms with Gasteiger partial charge in [-0.1, -0.05) is 29.8 Å². The van der Waals surface area contributed by atoms with Gasteiger partial charge in [-0.25, -0.2) is 0 Å². The van der Waals surface area contributed by atoms with Gasteiger partial charge in [0.15, 0.2) is 0 Å². The van der Waals surface area contributed by atoms with E-state index in [0.29, 0.717) is 0 Å². The third-order valence-electron chi connectivity index (χ3n) is 4.73. The highest BCUT2D eigenvalue weighted by atomic mass is 35.5. The highest BCUT2D eigenvalue weighted by Gasteiger charge is 2.14. The molecule has 1 aliphatic heterocycles. The first kappa shape index (κ1) is 16.9. The van der Waals surface area contributed by atoms with Crippen LogP contribution in [0.25, 0.3) is 10.9 Å². The Morgan fingerprint density at radius 2 is 2.00 bits per heavy atom. The Kier molecular flexibility index (Phi) is 5.44. The molecule has 3 heterocycles. The number of aryl methyl sites for hydroxylation is 1. The fourth-order valence-electron chi connectivity index (χ4n) is 3.37. The summed E-state index contributed by atoms with van der Waals surface area (Å²) in [5, 5.41) is 1.35. The molecule has 1 N–H and O–H groups in total. The van der Waals surface area contributed by atoms with Crippen molar-refractivity contribution in [1.82, 2.24) is 9.88 Å². The molecule has 0 radical (unpaired) electrons. The molecule has 24 heavy (non-hydrogen) atoms. The first-order valence-corrected chi connectivity index (χ1v) is 8.36. The summed E-state index contributed by atoms with van der Waals surface area (Å²) in [6, 6.07) is 12.6. The number of halogens is 1. The molecule has 0 aliphatic carbocycles. The molecule has 0 bridgehead atoms. The molecular formula is C20H23ClN2O. The molecule has 0 spiro atoms. The van der Waals surface area contributed by atoms with Gasteiger partial charge in [0.05, 0.1) is 6.26 Å². The van der Waals surface area contributed by atoms with Crippen LogP contribution in [0.15, 0.2) is 64.9 Å². The van der Waals surface area contributed by atoms with E-state index in [9.17, 15) is 0 Å². The van der Waals surface area contributed by atoms with Crippen LogP contribution >= 0.6 is 12.4 Å². The van der Waals surface area contributed by atoms with Crippen molar-refractivity contribution in [3.05, 3.63) is 71.8 Å². The molecule has 3 nitrogen and oxygen atoms in total. The van der Waals surface area contributed by atoms with Gasteiger partial charge in [0, 0.05) is 43.2 Å². The summed E-state index contributed by atoms with van der Waals surface area (Å²) in [7, 11) is 0. The monoisotopic (exact) mass is 342 g/mol. The van der Waals surface area contributed by atoms with Crippen molar-refractivity contribution in [3.63, 3.8) is 0 Å². The molecule has 1 aromatic carbocycles. The van der Waals surface area contributed by atoms with Crippen LogP contribution in [0.4, 0.5) is 0 Å². The number of fused-ring (bicyclic) bond motifs is 1. The zero-order chi connectivity index (χ0) is 15.5. The van der Waals surface area contributed by atoms with Gasteiger partial charge in [-0.05, 0) is 36.6 Å². The van der Waals surface area contributed by atoms with E-state index in [0.717, 1.165) is 38.2 Å². The van der Waals surface area contributed by atoms with Crippen LogP contribution < -0.4 is 0 Å². The maximum atomic E-state index is 5.42. The lowest BCUT2D eigenvalue weighted by Crippen LogP contribution is -2.28. The minimum atomic E-state index is 0. The molecule has 0 unspecified atom stereocenters. The molecule has 0 saturated heterocycles. The molecule has 0 atom stereocenters.